The number of nitro benzene ring substituents is 1. The molecule has 0 radical (unpaired) electrons. The van der Waals surface area contributed by atoms with Gasteiger partial charge in [-0.2, -0.15) is 0 Å². The summed E-state index contributed by atoms with van der Waals surface area (Å²) in [6.45, 7) is 10.6. The van der Waals surface area contributed by atoms with Gasteiger partial charge >= 0.3 is 0 Å². The zero-order valence-electron chi connectivity index (χ0n) is 13.8. The molecule has 1 heterocycles. The highest BCUT2D eigenvalue weighted by Gasteiger charge is 2.23. The number of hydrogen-bond acceptors (Lipinski definition) is 3. The van der Waals surface area contributed by atoms with Crippen molar-refractivity contribution in [1.82, 2.24) is 0 Å². The van der Waals surface area contributed by atoms with Gasteiger partial charge in [0.25, 0.3) is 5.69 Å². The van der Waals surface area contributed by atoms with Crippen molar-refractivity contribution in [2.75, 3.05) is 19.6 Å². The first-order chi connectivity index (χ1) is 10.5. The molecule has 126 valence electrons. The van der Waals surface area contributed by atoms with Crippen LogP contribution in [0.25, 0.3) is 11.3 Å². The molecule has 0 amide bonds. The predicted molar refractivity (Wildman–Crippen MR) is 86.4 cm³/mol. The van der Waals surface area contributed by atoms with Crippen LogP contribution in [0.15, 0.2) is 40.8 Å². The Balaban J connectivity index is 0.00000264. The molecular weight excluding hydrogens is 360 g/mol. The van der Waals surface area contributed by atoms with Crippen LogP contribution in [0, 0.1) is 10.1 Å². The number of nitro groups is 1. The number of furan rings is 1. The van der Waals surface area contributed by atoms with Gasteiger partial charge in [-0.3, -0.25) is 10.1 Å². The van der Waals surface area contributed by atoms with E-state index in [1.165, 1.54) is 6.07 Å². The number of hydrogen-bond donors (Lipinski definition) is 0. The van der Waals surface area contributed by atoms with E-state index < -0.39 is 0 Å². The zero-order valence-corrected chi connectivity index (χ0v) is 15.4. The van der Waals surface area contributed by atoms with E-state index in [0.29, 0.717) is 5.76 Å². The molecule has 0 saturated carbocycles. The number of nitrogens with zero attached hydrogens (tertiary/aromatic N) is 2. The van der Waals surface area contributed by atoms with Gasteiger partial charge in [0.2, 0.25) is 0 Å². The van der Waals surface area contributed by atoms with Crippen molar-refractivity contribution >= 4 is 5.69 Å². The monoisotopic (exact) mass is 382 g/mol. The fraction of sp³-hybridized carbons (Fsp3) is 0.412. The highest BCUT2D eigenvalue weighted by atomic mass is 79.9. The standard InChI is InChI=1S/C17H23N2O3.BrH/c1-4-19(5-2,6-3)13-16-10-11-17(22-16)14-8-7-9-15(12-14)18(20)21;/h7-12H,4-6,13H2,1-3H3;1H/q+1;/p-1. The minimum atomic E-state index is -0.388. The lowest BCUT2D eigenvalue weighted by Crippen LogP contribution is -3.00. The third-order valence-corrected chi connectivity index (χ3v) is 4.51. The molecule has 2 aromatic rings. The first-order valence-corrected chi connectivity index (χ1v) is 7.72. The number of benzene rings is 1. The fourth-order valence-electron chi connectivity index (χ4n) is 2.73. The minimum Gasteiger partial charge on any atom is -1.00 e. The number of quaternary nitrogens is 1. The van der Waals surface area contributed by atoms with E-state index in [2.05, 4.69) is 20.8 Å². The highest BCUT2D eigenvalue weighted by molar-refractivity contribution is 5.61. The Morgan fingerprint density at radius 1 is 1.09 bits per heavy atom. The van der Waals surface area contributed by atoms with Crippen molar-refractivity contribution < 1.29 is 30.8 Å². The van der Waals surface area contributed by atoms with Crippen molar-refractivity contribution in [2.24, 2.45) is 0 Å². The third-order valence-electron chi connectivity index (χ3n) is 4.51. The lowest BCUT2D eigenvalue weighted by molar-refractivity contribution is -0.936. The molecule has 23 heavy (non-hydrogen) atoms. The van der Waals surface area contributed by atoms with Gasteiger partial charge in [-0.05, 0) is 32.9 Å². The quantitative estimate of drug-likeness (QED) is 0.411. The van der Waals surface area contributed by atoms with Crippen LogP contribution in [-0.2, 0) is 6.54 Å². The molecule has 0 aliphatic carbocycles. The van der Waals surface area contributed by atoms with Gasteiger partial charge in [0.1, 0.15) is 12.3 Å². The van der Waals surface area contributed by atoms with Crippen molar-refractivity contribution in [2.45, 2.75) is 27.3 Å². The molecule has 0 spiro atoms. The minimum absolute atomic E-state index is 0. The molecule has 0 bridgehead atoms. The van der Waals surface area contributed by atoms with Crippen LogP contribution >= 0.6 is 0 Å². The van der Waals surface area contributed by atoms with Crippen molar-refractivity contribution in [3.8, 4) is 11.3 Å². The maximum Gasteiger partial charge on any atom is 0.270 e. The van der Waals surface area contributed by atoms with Gasteiger partial charge in [0.15, 0.2) is 5.76 Å². The summed E-state index contributed by atoms with van der Waals surface area (Å²) in [7, 11) is 0. The second-order valence-corrected chi connectivity index (χ2v) is 5.52. The molecule has 1 aromatic heterocycles. The molecule has 0 aliphatic rings. The topological polar surface area (TPSA) is 56.3 Å². The predicted octanol–water partition coefficient (Wildman–Crippen LogP) is 1.24. The van der Waals surface area contributed by atoms with E-state index in [0.717, 1.165) is 42.0 Å². The largest absolute Gasteiger partial charge is 1.00 e. The van der Waals surface area contributed by atoms with Crippen LogP contribution in [0.5, 0.6) is 0 Å². The van der Waals surface area contributed by atoms with Crippen LogP contribution in [-0.4, -0.2) is 29.0 Å². The van der Waals surface area contributed by atoms with Crippen LogP contribution in [0.4, 0.5) is 5.69 Å². The molecule has 1 aromatic carbocycles. The van der Waals surface area contributed by atoms with Crippen LogP contribution in [0.2, 0.25) is 0 Å². The molecule has 0 unspecified atom stereocenters. The summed E-state index contributed by atoms with van der Waals surface area (Å²) < 4.78 is 6.90. The molecular formula is C17H23BrN2O3. The summed E-state index contributed by atoms with van der Waals surface area (Å²) in [6, 6.07) is 10.4. The number of non-ortho nitro benzene ring substituents is 1. The summed E-state index contributed by atoms with van der Waals surface area (Å²) in [5.41, 5.74) is 0.819. The van der Waals surface area contributed by atoms with Crippen LogP contribution in [0.3, 0.4) is 0 Å². The Morgan fingerprint density at radius 2 is 1.74 bits per heavy atom. The Kier molecular flexibility index (Phi) is 6.97. The van der Waals surface area contributed by atoms with E-state index >= 15 is 0 Å². The normalized spacial score (nSPS) is 11.1. The van der Waals surface area contributed by atoms with E-state index in [1.54, 1.807) is 12.1 Å². The van der Waals surface area contributed by atoms with E-state index in [4.69, 9.17) is 4.42 Å². The maximum atomic E-state index is 10.9. The van der Waals surface area contributed by atoms with Gasteiger partial charge in [-0.25, -0.2) is 0 Å². The van der Waals surface area contributed by atoms with Gasteiger partial charge in [-0.1, -0.05) is 12.1 Å². The summed E-state index contributed by atoms with van der Waals surface area (Å²) in [5.74, 6) is 1.60. The SMILES string of the molecule is CC[N+](CC)(CC)Cc1ccc(-c2cccc([N+](=O)[O-])c2)o1.[Br-]. The smallest absolute Gasteiger partial charge is 0.270 e. The highest BCUT2D eigenvalue weighted by Crippen LogP contribution is 2.27. The lowest BCUT2D eigenvalue weighted by atomic mass is 10.1. The van der Waals surface area contributed by atoms with Crippen molar-refractivity contribution in [3.05, 3.63) is 52.3 Å². The number of rotatable bonds is 7. The van der Waals surface area contributed by atoms with Crippen LogP contribution in [0.1, 0.15) is 26.5 Å². The van der Waals surface area contributed by atoms with Crippen molar-refractivity contribution in [1.29, 1.82) is 0 Å². The van der Waals surface area contributed by atoms with E-state index in [-0.39, 0.29) is 27.6 Å². The Morgan fingerprint density at radius 3 is 2.30 bits per heavy atom. The molecule has 2 rings (SSSR count). The third kappa shape index (κ3) is 4.42. The second-order valence-electron chi connectivity index (χ2n) is 5.52. The maximum absolute atomic E-state index is 10.9. The van der Waals surface area contributed by atoms with Gasteiger partial charge < -0.3 is 25.9 Å². The summed E-state index contributed by atoms with van der Waals surface area (Å²) >= 11 is 0. The number of halogens is 1. The van der Waals surface area contributed by atoms with Gasteiger partial charge in [-0.15, -0.1) is 0 Å². The zero-order chi connectivity index (χ0) is 16.2. The average Bonchev–Trinajstić information content (AvgIpc) is 3.01. The first kappa shape index (κ1) is 19.4. The molecule has 0 aliphatic heterocycles. The lowest BCUT2D eigenvalue weighted by Gasteiger charge is -2.34. The second kappa shape index (κ2) is 8.26. The molecule has 0 saturated heterocycles. The van der Waals surface area contributed by atoms with Crippen molar-refractivity contribution in [3.63, 3.8) is 0 Å². The summed E-state index contributed by atoms with van der Waals surface area (Å²) in [4.78, 5) is 10.5. The molecule has 5 nitrogen and oxygen atoms in total. The molecule has 0 fully saturated rings. The first-order valence-electron chi connectivity index (χ1n) is 7.72. The Labute approximate surface area is 147 Å². The molecule has 0 N–H and O–H groups in total. The Bertz CT molecular complexity index is 643. The summed E-state index contributed by atoms with van der Waals surface area (Å²) in [5, 5.41) is 10.9. The Hall–Kier alpha value is -1.66. The molecule has 6 heteroatoms. The average molecular weight is 383 g/mol. The fourth-order valence-corrected chi connectivity index (χ4v) is 2.73. The van der Waals surface area contributed by atoms with E-state index in [1.807, 2.05) is 18.2 Å². The van der Waals surface area contributed by atoms with Crippen LogP contribution < -0.4 is 17.0 Å². The van der Waals surface area contributed by atoms with E-state index in [9.17, 15) is 10.1 Å². The molecule has 0 atom stereocenters. The van der Waals surface area contributed by atoms with Gasteiger partial charge in [0.05, 0.1) is 24.6 Å². The summed E-state index contributed by atoms with van der Waals surface area (Å²) in [6.07, 6.45) is 0. The van der Waals surface area contributed by atoms with Gasteiger partial charge in [0, 0.05) is 17.7 Å².